The summed E-state index contributed by atoms with van der Waals surface area (Å²) in [5.74, 6) is 0.861. The number of nitrogens with zero attached hydrogens (tertiary/aromatic N) is 7. The molecule has 0 atom stereocenters. The molecule has 7 rings (SSSR count). The predicted octanol–water partition coefficient (Wildman–Crippen LogP) is 5.39. The average molecular weight is 572 g/mol. The Labute approximate surface area is 239 Å². The Hall–Kier alpha value is -4.22. The Morgan fingerprint density at radius 2 is 1.83 bits per heavy atom. The molecule has 11 heteroatoms. The average Bonchev–Trinajstić information content (AvgIpc) is 3.58. The summed E-state index contributed by atoms with van der Waals surface area (Å²) in [6.07, 6.45) is 3.96. The number of anilines is 1. The Kier molecular flexibility index (Phi) is 6.47. The van der Waals surface area contributed by atoms with Crippen molar-refractivity contribution in [1.29, 1.82) is 0 Å². The van der Waals surface area contributed by atoms with Gasteiger partial charge in [-0.3, -0.25) is 0 Å². The minimum absolute atomic E-state index is 0.134. The number of ether oxygens (including phenoxy) is 1. The first-order valence-corrected chi connectivity index (χ1v) is 14.3. The van der Waals surface area contributed by atoms with E-state index in [-0.39, 0.29) is 5.69 Å². The van der Waals surface area contributed by atoms with Crippen molar-refractivity contribution in [3.63, 3.8) is 0 Å². The highest BCUT2D eigenvalue weighted by molar-refractivity contribution is 7.19. The standard InChI is InChI=1S/C30H27F2N7OS/c1-18-13-20(16-33-29(18)38-10-8-37(2)9-11-38)23-4-6-25-27(36-23)28-19(7-12-40-25)14-26(41-28)30-34-17-35-39(30)24-5-3-21(31)15-22(24)32/h3-6,13-17H,7-12H2,1-2H3. The van der Waals surface area contributed by atoms with E-state index in [9.17, 15) is 8.78 Å². The van der Waals surface area contributed by atoms with Gasteiger partial charge in [-0.25, -0.2) is 28.4 Å². The van der Waals surface area contributed by atoms with Gasteiger partial charge in [-0.1, -0.05) is 0 Å². The fourth-order valence-electron chi connectivity index (χ4n) is 5.38. The summed E-state index contributed by atoms with van der Waals surface area (Å²) in [6, 6.07) is 11.5. The van der Waals surface area contributed by atoms with E-state index >= 15 is 0 Å². The van der Waals surface area contributed by atoms with Crippen LogP contribution in [0.2, 0.25) is 0 Å². The monoisotopic (exact) mass is 571 g/mol. The highest BCUT2D eigenvalue weighted by Crippen LogP contribution is 2.43. The Morgan fingerprint density at radius 1 is 0.976 bits per heavy atom. The van der Waals surface area contributed by atoms with Crippen LogP contribution in [0.4, 0.5) is 14.6 Å². The Balaban J connectivity index is 1.25. The van der Waals surface area contributed by atoms with Gasteiger partial charge < -0.3 is 14.5 Å². The molecule has 1 aromatic carbocycles. The quantitative estimate of drug-likeness (QED) is 0.286. The van der Waals surface area contributed by atoms with E-state index in [0.29, 0.717) is 24.6 Å². The van der Waals surface area contributed by atoms with Crippen LogP contribution in [0.5, 0.6) is 5.75 Å². The van der Waals surface area contributed by atoms with Gasteiger partial charge in [0.25, 0.3) is 0 Å². The number of benzene rings is 1. The zero-order chi connectivity index (χ0) is 28.1. The summed E-state index contributed by atoms with van der Waals surface area (Å²) in [4.78, 5) is 20.8. The maximum atomic E-state index is 14.6. The van der Waals surface area contributed by atoms with Gasteiger partial charge in [-0.2, -0.15) is 5.10 Å². The van der Waals surface area contributed by atoms with E-state index < -0.39 is 11.6 Å². The van der Waals surface area contributed by atoms with Crippen LogP contribution in [0.1, 0.15) is 11.1 Å². The molecule has 2 aliphatic rings. The molecule has 8 nitrogen and oxygen atoms in total. The lowest BCUT2D eigenvalue weighted by Gasteiger charge is -2.34. The number of aryl methyl sites for hydroxylation is 1. The lowest BCUT2D eigenvalue weighted by Crippen LogP contribution is -2.45. The number of aromatic nitrogens is 5. The number of fused-ring (bicyclic) bond motifs is 3. The van der Waals surface area contributed by atoms with Crippen LogP contribution in [0.25, 0.3) is 38.2 Å². The highest BCUT2D eigenvalue weighted by atomic mass is 32.1. The van der Waals surface area contributed by atoms with Gasteiger partial charge in [0.15, 0.2) is 11.6 Å². The topological polar surface area (TPSA) is 72.2 Å². The lowest BCUT2D eigenvalue weighted by atomic mass is 10.1. The largest absolute Gasteiger partial charge is 0.491 e. The summed E-state index contributed by atoms with van der Waals surface area (Å²) in [6.45, 7) is 6.58. The molecule has 1 fully saturated rings. The van der Waals surface area contributed by atoms with Gasteiger partial charge in [0.2, 0.25) is 0 Å². The number of piperazine rings is 1. The van der Waals surface area contributed by atoms with Crippen LogP contribution in [0.3, 0.4) is 0 Å². The Bertz CT molecular complexity index is 1760. The van der Waals surface area contributed by atoms with Crippen molar-refractivity contribution in [2.24, 2.45) is 0 Å². The van der Waals surface area contributed by atoms with Crippen LogP contribution in [0.15, 0.2) is 55.0 Å². The lowest BCUT2D eigenvalue weighted by molar-refractivity contribution is 0.312. The first-order chi connectivity index (χ1) is 19.9. The summed E-state index contributed by atoms with van der Waals surface area (Å²) < 4.78 is 35.6. The van der Waals surface area contributed by atoms with Crippen molar-refractivity contribution in [3.05, 3.63) is 77.8 Å². The molecule has 0 radical (unpaired) electrons. The van der Waals surface area contributed by atoms with Crippen molar-refractivity contribution in [2.75, 3.05) is 44.7 Å². The first-order valence-electron chi connectivity index (χ1n) is 13.5. The molecule has 0 saturated carbocycles. The van der Waals surface area contributed by atoms with E-state index in [1.807, 2.05) is 24.4 Å². The molecule has 0 unspecified atom stereocenters. The van der Waals surface area contributed by atoms with E-state index in [0.717, 1.165) is 75.9 Å². The summed E-state index contributed by atoms with van der Waals surface area (Å²) in [7, 11) is 2.15. The highest BCUT2D eigenvalue weighted by Gasteiger charge is 2.24. The number of halogens is 2. The van der Waals surface area contributed by atoms with Crippen LogP contribution < -0.4 is 9.64 Å². The van der Waals surface area contributed by atoms with E-state index in [2.05, 4.69) is 39.9 Å². The van der Waals surface area contributed by atoms with Crippen LogP contribution in [-0.2, 0) is 6.42 Å². The van der Waals surface area contributed by atoms with Gasteiger partial charge in [0, 0.05) is 50.4 Å². The maximum Gasteiger partial charge on any atom is 0.173 e. The second-order valence-corrected chi connectivity index (χ2v) is 11.4. The second-order valence-electron chi connectivity index (χ2n) is 10.4. The second kappa shape index (κ2) is 10.3. The molecule has 1 saturated heterocycles. The minimum Gasteiger partial charge on any atom is -0.491 e. The van der Waals surface area contributed by atoms with Crippen molar-refractivity contribution in [3.8, 4) is 44.0 Å². The predicted molar refractivity (Wildman–Crippen MR) is 155 cm³/mol. The summed E-state index contributed by atoms with van der Waals surface area (Å²) in [5, 5.41) is 4.23. The molecular weight excluding hydrogens is 544 g/mol. The number of hydrogen-bond donors (Lipinski definition) is 0. The summed E-state index contributed by atoms with van der Waals surface area (Å²) in [5.41, 5.74) is 4.83. The zero-order valence-electron chi connectivity index (χ0n) is 22.6. The number of likely N-dealkylation sites (N-methyl/N-ethyl adjacent to an activating group) is 1. The van der Waals surface area contributed by atoms with Gasteiger partial charge in [0.1, 0.15) is 35.1 Å². The third kappa shape index (κ3) is 4.74. The molecule has 0 N–H and O–H groups in total. The zero-order valence-corrected chi connectivity index (χ0v) is 23.5. The third-order valence-corrected chi connectivity index (χ3v) is 8.75. The van der Waals surface area contributed by atoms with E-state index in [4.69, 9.17) is 14.7 Å². The number of pyridine rings is 2. The fraction of sp³-hybridized carbons (Fsp3) is 0.267. The maximum absolute atomic E-state index is 14.6. The molecule has 0 amide bonds. The molecule has 208 valence electrons. The summed E-state index contributed by atoms with van der Waals surface area (Å²) >= 11 is 1.51. The molecule has 5 aromatic rings. The van der Waals surface area contributed by atoms with Crippen molar-refractivity contribution in [2.45, 2.75) is 13.3 Å². The van der Waals surface area contributed by atoms with Gasteiger partial charge >= 0.3 is 0 Å². The smallest absolute Gasteiger partial charge is 0.173 e. The molecule has 0 spiro atoms. The van der Waals surface area contributed by atoms with Crippen LogP contribution >= 0.6 is 11.3 Å². The number of rotatable bonds is 4. The number of thiophene rings is 1. The van der Waals surface area contributed by atoms with Crippen molar-refractivity contribution >= 4 is 17.2 Å². The minimum atomic E-state index is -0.706. The number of hydrogen-bond acceptors (Lipinski definition) is 8. The van der Waals surface area contributed by atoms with Gasteiger partial charge in [0.05, 0.1) is 22.1 Å². The third-order valence-electron chi connectivity index (χ3n) is 7.57. The Morgan fingerprint density at radius 3 is 2.63 bits per heavy atom. The van der Waals surface area contributed by atoms with Gasteiger partial charge in [-0.05, 0) is 61.5 Å². The van der Waals surface area contributed by atoms with E-state index in [1.165, 1.54) is 34.5 Å². The molecule has 41 heavy (non-hydrogen) atoms. The van der Waals surface area contributed by atoms with Crippen LogP contribution in [0, 0.1) is 18.6 Å². The molecule has 4 aromatic heterocycles. The molecule has 6 heterocycles. The molecule has 0 bridgehead atoms. The fourth-order valence-corrected chi connectivity index (χ4v) is 6.56. The van der Waals surface area contributed by atoms with Crippen molar-refractivity contribution in [1.82, 2.24) is 29.6 Å². The van der Waals surface area contributed by atoms with Crippen molar-refractivity contribution < 1.29 is 13.5 Å². The van der Waals surface area contributed by atoms with Crippen LogP contribution in [-0.4, -0.2) is 69.5 Å². The van der Waals surface area contributed by atoms with E-state index in [1.54, 1.807) is 0 Å². The normalized spacial score (nSPS) is 15.3. The van der Waals surface area contributed by atoms with Gasteiger partial charge in [-0.15, -0.1) is 11.3 Å². The first kappa shape index (κ1) is 25.7. The molecule has 2 aliphatic heterocycles. The SMILES string of the molecule is Cc1cc(-c2ccc3c(n2)-c2sc(-c4ncnn4-c4ccc(F)cc4F)cc2CCO3)cnc1N1CCN(C)CC1. The molecular formula is C30H27F2N7OS. The molecule has 0 aliphatic carbocycles.